The molecule has 0 fully saturated rings. The van der Waals surface area contributed by atoms with Gasteiger partial charge >= 0.3 is 0 Å². The Morgan fingerprint density at radius 3 is 2.04 bits per heavy atom. The number of rotatable bonds is 6. The second kappa shape index (κ2) is 15.7. The van der Waals surface area contributed by atoms with E-state index in [1.807, 2.05) is 12.3 Å². The van der Waals surface area contributed by atoms with Gasteiger partial charge in [0.05, 0.1) is 12.4 Å². The molecule has 3 heterocycles. The van der Waals surface area contributed by atoms with Crippen molar-refractivity contribution in [3.05, 3.63) is 168 Å². The van der Waals surface area contributed by atoms with Crippen LogP contribution in [0.25, 0.3) is 33.3 Å². The minimum Gasteiger partial charge on any atom is -0.509 e. The van der Waals surface area contributed by atoms with E-state index in [9.17, 15) is 0 Å². The minimum absolute atomic E-state index is 0. The summed E-state index contributed by atoms with van der Waals surface area (Å²) in [5.74, 6) is 2.15. The van der Waals surface area contributed by atoms with Gasteiger partial charge in [0.2, 0.25) is 0 Å². The van der Waals surface area contributed by atoms with Crippen LogP contribution in [-0.4, -0.2) is 16.2 Å². The summed E-state index contributed by atoms with van der Waals surface area (Å²) in [5, 5.41) is 2.26. The fourth-order valence-corrected chi connectivity index (χ4v) is 7.85. The van der Waals surface area contributed by atoms with Crippen LogP contribution in [0, 0.1) is 47.3 Å². The van der Waals surface area contributed by atoms with E-state index in [0.717, 1.165) is 33.3 Å². The number of anilines is 2. The molecular weight excluding hydrogens is 880 g/mol. The van der Waals surface area contributed by atoms with Crippen molar-refractivity contribution in [3.8, 4) is 17.3 Å². The number of aromatic nitrogens is 2. The monoisotopic (exact) mass is 932 g/mol. The molecule has 5 aromatic carbocycles. The quantitative estimate of drug-likeness (QED) is 0.156. The van der Waals surface area contributed by atoms with E-state index in [4.69, 9.17) is 9.72 Å². The van der Waals surface area contributed by atoms with Crippen LogP contribution >= 0.6 is 0 Å². The SMILES string of the molecule is Cc1cc(C)cc(N2CN(c3[c-]c(Oc4[c-]c5c(cc4)c4ccccc4n5-c4cc(C(C)(C)C)ccn4)cc(C(C)(C)C)c3)C=C2c2c(C)cccc2C)c1.[CH3-].[Pt]. The predicted octanol–water partition coefficient (Wildman–Crippen LogP) is 13.1. The maximum atomic E-state index is 6.77. The minimum atomic E-state index is -0.127. The molecule has 1 aliphatic heterocycles. The number of ether oxygens (including phenoxy) is 1. The third kappa shape index (κ3) is 8.05. The molecule has 0 radical (unpaired) electrons. The second-order valence-corrected chi connectivity index (χ2v) is 17.2. The van der Waals surface area contributed by atoms with Crippen LogP contribution < -0.4 is 14.5 Å². The molecule has 0 saturated carbocycles. The summed E-state index contributed by atoms with van der Waals surface area (Å²) in [6, 6.07) is 42.0. The number of para-hydroxylation sites is 1. The van der Waals surface area contributed by atoms with Gasteiger partial charge in [-0.2, -0.15) is 6.07 Å². The molecule has 6 heteroatoms. The average molecular weight is 933 g/mol. The summed E-state index contributed by atoms with van der Waals surface area (Å²) in [5.41, 5.74) is 13.8. The van der Waals surface area contributed by atoms with Crippen molar-refractivity contribution < 1.29 is 25.8 Å². The molecule has 2 aromatic heterocycles. The molecule has 1 aliphatic rings. The van der Waals surface area contributed by atoms with Gasteiger partial charge in [0.1, 0.15) is 5.82 Å². The van der Waals surface area contributed by atoms with Crippen LogP contribution in [0.3, 0.4) is 0 Å². The van der Waals surface area contributed by atoms with Crippen molar-refractivity contribution in [2.45, 2.75) is 80.1 Å². The topological polar surface area (TPSA) is 33.5 Å². The van der Waals surface area contributed by atoms with E-state index in [2.05, 4.69) is 193 Å². The number of hydrogen-bond donors (Lipinski definition) is 0. The molecule has 0 unspecified atom stereocenters. The van der Waals surface area contributed by atoms with Crippen LogP contribution in [-0.2, 0) is 31.9 Å². The third-order valence-corrected chi connectivity index (χ3v) is 10.7. The smallest absolute Gasteiger partial charge is 0.135 e. The number of aryl methyl sites for hydroxylation is 4. The summed E-state index contributed by atoms with van der Waals surface area (Å²) in [7, 11) is 0. The van der Waals surface area contributed by atoms with Gasteiger partial charge in [-0.15, -0.1) is 41.3 Å². The molecule has 0 amide bonds. The Labute approximate surface area is 354 Å². The first-order chi connectivity index (χ1) is 26.1. The largest absolute Gasteiger partial charge is 0.509 e. The van der Waals surface area contributed by atoms with Crippen molar-refractivity contribution >= 4 is 38.9 Å². The maximum Gasteiger partial charge on any atom is 0.135 e. The second-order valence-electron chi connectivity index (χ2n) is 17.2. The molecule has 296 valence electrons. The zero-order chi connectivity index (χ0) is 38.8. The molecule has 0 aliphatic carbocycles. The van der Waals surface area contributed by atoms with E-state index in [1.54, 1.807) is 0 Å². The van der Waals surface area contributed by atoms with Gasteiger partial charge in [0.15, 0.2) is 0 Å². The summed E-state index contributed by atoms with van der Waals surface area (Å²) in [6.45, 7) is 22.8. The molecule has 0 spiro atoms. The van der Waals surface area contributed by atoms with Gasteiger partial charge in [0, 0.05) is 61.7 Å². The summed E-state index contributed by atoms with van der Waals surface area (Å²) in [6.07, 6.45) is 4.19. The van der Waals surface area contributed by atoms with Crippen molar-refractivity contribution in [1.82, 2.24) is 9.55 Å². The number of benzene rings is 5. The van der Waals surface area contributed by atoms with Crippen LogP contribution in [0.1, 0.15) is 80.5 Å². The summed E-state index contributed by atoms with van der Waals surface area (Å²) < 4.78 is 8.98. The van der Waals surface area contributed by atoms with Gasteiger partial charge in [-0.1, -0.05) is 95.2 Å². The Bertz CT molecular complexity index is 2600. The first kappa shape index (κ1) is 41.5. The summed E-state index contributed by atoms with van der Waals surface area (Å²) >= 11 is 0. The van der Waals surface area contributed by atoms with Gasteiger partial charge < -0.3 is 26.5 Å². The molecule has 0 bridgehead atoms. The molecule has 5 nitrogen and oxygen atoms in total. The van der Waals surface area contributed by atoms with E-state index in [1.165, 1.54) is 50.3 Å². The molecular formula is C51H53N4OPt-3. The zero-order valence-corrected chi connectivity index (χ0v) is 37.4. The number of hydrogen-bond acceptors (Lipinski definition) is 4. The third-order valence-electron chi connectivity index (χ3n) is 10.7. The first-order valence-corrected chi connectivity index (χ1v) is 19.2. The number of pyridine rings is 1. The fraction of sp³-hybridized carbons (Fsp3) is 0.255. The molecule has 0 atom stereocenters. The van der Waals surface area contributed by atoms with Crippen LogP contribution in [0.15, 0.2) is 109 Å². The predicted molar refractivity (Wildman–Crippen MR) is 236 cm³/mol. The molecule has 57 heavy (non-hydrogen) atoms. The van der Waals surface area contributed by atoms with Crippen LogP contribution in [0.5, 0.6) is 11.5 Å². The summed E-state index contributed by atoms with van der Waals surface area (Å²) in [4.78, 5) is 9.59. The maximum absolute atomic E-state index is 6.77. The van der Waals surface area contributed by atoms with Gasteiger partial charge in [0.25, 0.3) is 0 Å². The standard InChI is InChI=1S/C50H50N4O.CH3.Pt/c1-32-22-33(2)24-39(23-32)53-31-52(30-46(53)48-34(3)14-13-15-35(48)4)38-25-37(50(8,9)10)26-41(28-38)55-40-18-19-43-42-16-11-12-17-44(42)54(45(43)29-40)47-27-36(20-21-51-47)49(5,6)7;;/h11-27,30H,31H2,1-10H3;1H3;/q-2;-1;. The Morgan fingerprint density at radius 1 is 0.667 bits per heavy atom. The molecule has 0 saturated heterocycles. The number of nitrogens with zero attached hydrogens (tertiary/aromatic N) is 4. The Kier molecular flexibility index (Phi) is 11.4. The first-order valence-electron chi connectivity index (χ1n) is 19.2. The Hall–Kier alpha value is -5.12. The Balaban J connectivity index is 0.00000275. The van der Waals surface area contributed by atoms with Gasteiger partial charge in [-0.3, -0.25) is 0 Å². The van der Waals surface area contributed by atoms with E-state index in [-0.39, 0.29) is 39.3 Å². The zero-order valence-electron chi connectivity index (χ0n) is 35.1. The van der Waals surface area contributed by atoms with Gasteiger partial charge in [-0.05, 0) is 102 Å². The Morgan fingerprint density at radius 2 is 1.35 bits per heavy atom. The van der Waals surface area contributed by atoms with E-state index in [0.29, 0.717) is 18.2 Å². The van der Waals surface area contributed by atoms with Gasteiger partial charge in [-0.25, -0.2) is 4.98 Å². The van der Waals surface area contributed by atoms with Crippen molar-refractivity contribution in [3.63, 3.8) is 0 Å². The molecule has 7 aromatic rings. The van der Waals surface area contributed by atoms with Crippen molar-refractivity contribution in [1.29, 1.82) is 0 Å². The van der Waals surface area contributed by atoms with Crippen molar-refractivity contribution in [2.75, 3.05) is 16.5 Å². The molecule has 0 N–H and O–H groups in total. The average Bonchev–Trinajstić information content (AvgIpc) is 3.70. The fourth-order valence-electron chi connectivity index (χ4n) is 7.85. The van der Waals surface area contributed by atoms with Crippen molar-refractivity contribution in [2.24, 2.45) is 0 Å². The number of fused-ring (bicyclic) bond motifs is 3. The molecule has 8 rings (SSSR count). The van der Waals surface area contributed by atoms with Crippen LogP contribution in [0.2, 0.25) is 0 Å². The van der Waals surface area contributed by atoms with E-state index >= 15 is 0 Å². The van der Waals surface area contributed by atoms with E-state index < -0.39 is 0 Å². The van der Waals surface area contributed by atoms with Crippen LogP contribution in [0.4, 0.5) is 11.4 Å². The normalized spacial score (nSPS) is 13.1.